The summed E-state index contributed by atoms with van der Waals surface area (Å²) in [6.07, 6.45) is 3.20. The molecular formula is C20H19ClF2N2O. The van der Waals surface area contributed by atoms with E-state index in [1.165, 1.54) is 30.3 Å². The van der Waals surface area contributed by atoms with Crippen molar-refractivity contribution in [2.45, 2.75) is 6.54 Å². The molecular weight excluding hydrogens is 358 g/mol. The van der Waals surface area contributed by atoms with Gasteiger partial charge in [0.25, 0.3) is 0 Å². The summed E-state index contributed by atoms with van der Waals surface area (Å²) >= 11 is 6.07. The van der Waals surface area contributed by atoms with Crippen LogP contribution in [0.15, 0.2) is 48.5 Å². The van der Waals surface area contributed by atoms with Crippen LogP contribution in [0, 0.1) is 11.6 Å². The first kappa shape index (κ1) is 18.5. The molecule has 1 fully saturated rings. The van der Waals surface area contributed by atoms with Gasteiger partial charge >= 0.3 is 0 Å². The second kappa shape index (κ2) is 8.43. The van der Waals surface area contributed by atoms with Gasteiger partial charge in [-0.05, 0) is 41.5 Å². The van der Waals surface area contributed by atoms with E-state index in [1.54, 1.807) is 29.2 Å². The molecule has 1 saturated heterocycles. The Morgan fingerprint density at radius 3 is 2.31 bits per heavy atom. The lowest BCUT2D eigenvalue weighted by Gasteiger charge is -2.34. The predicted molar refractivity (Wildman–Crippen MR) is 98.7 cm³/mol. The highest BCUT2D eigenvalue weighted by atomic mass is 35.5. The van der Waals surface area contributed by atoms with Gasteiger partial charge in [-0.2, -0.15) is 0 Å². The van der Waals surface area contributed by atoms with Gasteiger partial charge in [0.1, 0.15) is 11.6 Å². The first-order chi connectivity index (χ1) is 12.5. The Bertz CT molecular complexity index is 800. The summed E-state index contributed by atoms with van der Waals surface area (Å²) in [5.74, 6) is -0.707. The minimum Gasteiger partial charge on any atom is -0.337 e. The molecule has 136 valence electrons. The van der Waals surface area contributed by atoms with E-state index < -0.39 is 0 Å². The molecule has 26 heavy (non-hydrogen) atoms. The normalized spacial score (nSPS) is 15.6. The van der Waals surface area contributed by atoms with E-state index in [0.29, 0.717) is 24.7 Å². The van der Waals surface area contributed by atoms with Crippen molar-refractivity contribution in [1.29, 1.82) is 0 Å². The average Bonchev–Trinajstić information content (AvgIpc) is 2.64. The Morgan fingerprint density at radius 1 is 1.00 bits per heavy atom. The van der Waals surface area contributed by atoms with Crippen molar-refractivity contribution in [3.63, 3.8) is 0 Å². The first-order valence-corrected chi connectivity index (χ1v) is 8.78. The lowest BCUT2D eigenvalue weighted by Crippen LogP contribution is -2.47. The van der Waals surface area contributed by atoms with Crippen LogP contribution in [0.3, 0.4) is 0 Å². The SMILES string of the molecule is O=C(/C=C/c1ccc(F)cc1)N1CCN(Cc2ccc(F)cc2Cl)CC1. The third-order valence-corrected chi connectivity index (χ3v) is 4.73. The van der Waals surface area contributed by atoms with Crippen LogP contribution in [0.25, 0.3) is 6.08 Å². The number of hydrogen-bond acceptors (Lipinski definition) is 2. The number of hydrogen-bond donors (Lipinski definition) is 0. The summed E-state index contributed by atoms with van der Waals surface area (Å²) in [6.45, 7) is 3.32. The maximum absolute atomic E-state index is 13.1. The second-order valence-electron chi connectivity index (χ2n) is 6.22. The summed E-state index contributed by atoms with van der Waals surface area (Å²) < 4.78 is 26.0. The van der Waals surface area contributed by atoms with Gasteiger partial charge in [0.2, 0.25) is 5.91 Å². The van der Waals surface area contributed by atoms with Gasteiger partial charge in [0.05, 0.1) is 0 Å². The van der Waals surface area contributed by atoms with Crippen molar-refractivity contribution < 1.29 is 13.6 Å². The monoisotopic (exact) mass is 376 g/mol. The summed E-state index contributed by atoms with van der Waals surface area (Å²) in [4.78, 5) is 16.2. The van der Waals surface area contributed by atoms with Gasteiger partial charge in [-0.15, -0.1) is 0 Å². The van der Waals surface area contributed by atoms with Gasteiger partial charge in [-0.1, -0.05) is 29.8 Å². The van der Waals surface area contributed by atoms with Gasteiger partial charge in [0.15, 0.2) is 0 Å². The molecule has 6 heteroatoms. The fourth-order valence-corrected chi connectivity index (χ4v) is 3.09. The van der Waals surface area contributed by atoms with Crippen molar-refractivity contribution in [3.8, 4) is 0 Å². The van der Waals surface area contributed by atoms with Crippen molar-refractivity contribution in [1.82, 2.24) is 9.80 Å². The molecule has 1 amide bonds. The van der Waals surface area contributed by atoms with Crippen molar-refractivity contribution in [2.24, 2.45) is 0 Å². The highest BCUT2D eigenvalue weighted by Gasteiger charge is 2.20. The smallest absolute Gasteiger partial charge is 0.246 e. The average molecular weight is 377 g/mol. The van der Waals surface area contributed by atoms with Gasteiger partial charge < -0.3 is 4.90 Å². The Morgan fingerprint density at radius 2 is 1.65 bits per heavy atom. The zero-order valence-corrected chi connectivity index (χ0v) is 14.9. The maximum atomic E-state index is 13.1. The number of amides is 1. The fraction of sp³-hybridized carbons (Fsp3) is 0.250. The molecule has 2 aromatic carbocycles. The Balaban J connectivity index is 1.51. The summed E-state index contributed by atoms with van der Waals surface area (Å²) in [6, 6.07) is 10.4. The van der Waals surface area contributed by atoms with Gasteiger partial charge in [0, 0.05) is 43.8 Å². The van der Waals surface area contributed by atoms with E-state index in [9.17, 15) is 13.6 Å². The largest absolute Gasteiger partial charge is 0.337 e. The maximum Gasteiger partial charge on any atom is 0.246 e. The Labute approximate surface area is 156 Å². The van der Waals surface area contributed by atoms with Crippen molar-refractivity contribution >= 4 is 23.6 Å². The molecule has 0 spiro atoms. The topological polar surface area (TPSA) is 23.6 Å². The number of piperazine rings is 1. The minimum absolute atomic E-state index is 0.0613. The van der Waals surface area contributed by atoms with Crippen LogP contribution in [0.1, 0.15) is 11.1 Å². The molecule has 0 aromatic heterocycles. The van der Waals surface area contributed by atoms with Gasteiger partial charge in [-0.25, -0.2) is 8.78 Å². The summed E-state index contributed by atoms with van der Waals surface area (Å²) in [5, 5.41) is 0.422. The molecule has 1 heterocycles. The van der Waals surface area contributed by atoms with E-state index in [4.69, 9.17) is 11.6 Å². The van der Waals surface area contributed by atoms with Crippen LogP contribution in [-0.2, 0) is 11.3 Å². The summed E-state index contributed by atoms with van der Waals surface area (Å²) in [7, 11) is 0. The molecule has 0 unspecified atom stereocenters. The molecule has 1 aliphatic rings. The lowest BCUT2D eigenvalue weighted by molar-refractivity contribution is -0.127. The molecule has 2 aromatic rings. The number of halogens is 3. The molecule has 3 rings (SSSR count). The first-order valence-electron chi connectivity index (χ1n) is 8.40. The van der Waals surface area contributed by atoms with E-state index in [2.05, 4.69) is 4.90 Å². The fourth-order valence-electron chi connectivity index (χ4n) is 2.86. The van der Waals surface area contributed by atoms with Crippen LogP contribution < -0.4 is 0 Å². The van der Waals surface area contributed by atoms with Crippen LogP contribution in [0.5, 0.6) is 0 Å². The summed E-state index contributed by atoms with van der Waals surface area (Å²) in [5.41, 5.74) is 1.66. The quantitative estimate of drug-likeness (QED) is 0.754. The number of carbonyl (C=O) groups excluding carboxylic acids is 1. The minimum atomic E-state index is -0.345. The number of nitrogens with zero attached hydrogens (tertiary/aromatic N) is 2. The number of rotatable bonds is 4. The molecule has 0 N–H and O–H groups in total. The van der Waals surface area contributed by atoms with E-state index >= 15 is 0 Å². The second-order valence-corrected chi connectivity index (χ2v) is 6.63. The van der Waals surface area contributed by atoms with Crippen molar-refractivity contribution in [3.05, 3.63) is 76.3 Å². The van der Waals surface area contributed by atoms with Gasteiger partial charge in [-0.3, -0.25) is 9.69 Å². The lowest BCUT2D eigenvalue weighted by atomic mass is 10.2. The zero-order chi connectivity index (χ0) is 18.5. The van der Waals surface area contributed by atoms with Crippen LogP contribution >= 0.6 is 11.6 Å². The molecule has 0 aliphatic carbocycles. The third-order valence-electron chi connectivity index (χ3n) is 4.38. The third kappa shape index (κ3) is 4.90. The van der Waals surface area contributed by atoms with Crippen LogP contribution in [-0.4, -0.2) is 41.9 Å². The van der Waals surface area contributed by atoms with E-state index in [0.717, 1.165) is 24.2 Å². The molecule has 0 atom stereocenters. The molecule has 0 radical (unpaired) electrons. The standard InChI is InChI=1S/C20H19ClF2N2O/c21-19-13-18(23)7-4-16(19)14-24-9-11-25(12-10-24)20(26)8-3-15-1-5-17(22)6-2-15/h1-8,13H,9-12,14H2/b8-3+. The van der Waals surface area contributed by atoms with Crippen LogP contribution in [0.2, 0.25) is 5.02 Å². The Hall–Kier alpha value is -2.24. The molecule has 1 aliphatic heterocycles. The number of carbonyl (C=O) groups is 1. The van der Waals surface area contributed by atoms with Crippen LogP contribution in [0.4, 0.5) is 8.78 Å². The van der Waals surface area contributed by atoms with E-state index in [-0.39, 0.29) is 17.5 Å². The number of benzene rings is 2. The molecule has 0 bridgehead atoms. The van der Waals surface area contributed by atoms with Crippen molar-refractivity contribution in [2.75, 3.05) is 26.2 Å². The highest BCUT2D eigenvalue weighted by Crippen LogP contribution is 2.19. The zero-order valence-electron chi connectivity index (χ0n) is 14.2. The predicted octanol–water partition coefficient (Wildman–Crippen LogP) is 3.98. The molecule has 3 nitrogen and oxygen atoms in total. The highest BCUT2D eigenvalue weighted by molar-refractivity contribution is 6.31. The molecule has 0 saturated carbocycles. The van der Waals surface area contributed by atoms with E-state index in [1.807, 2.05) is 0 Å². The Kier molecular flexibility index (Phi) is 6.01.